The molecule has 1 aromatic rings. The van der Waals surface area contributed by atoms with Crippen molar-refractivity contribution in [2.45, 2.75) is 26.3 Å². The highest BCUT2D eigenvalue weighted by molar-refractivity contribution is 5.69. The number of nitrogens with one attached hydrogen (secondary N) is 1. The molecule has 1 atom stereocenters. The Morgan fingerprint density at radius 3 is 2.54 bits per heavy atom. The zero-order chi connectivity index (χ0) is 9.84. The fourth-order valence-electron chi connectivity index (χ4n) is 1.05. The topological polar surface area (TPSA) is 64.1 Å². The van der Waals surface area contributed by atoms with E-state index in [1.807, 2.05) is 18.2 Å². The van der Waals surface area contributed by atoms with E-state index >= 15 is 0 Å². The highest BCUT2D eigenvalue weighted by Gasteiger charge is 2.00. The first-order valence-electron chi connectivity index (χ1n) is 4.55. The predicted octanol–water partition coefficient (Wildman–Crippen LogP) is 2.06. The lowest BCUT2D eigenvalue weighted by atomic mass is 10.2. The van der Waals surface area contributed by atoms with Gasteiger partial charge in [-0.1, -0.05) is 6.92 Å². The second kappa shape index (κ2) is 4.03. The molecule has 0 aliphatic heterocycles. The van der Waals surface area contributed by atoms with Crippen molar-refractivity contribution in [3.05, 3.63) is 18.2 Å². The molecule has 5 N–H and O–H groups in total. The minimum atomic E-state index is 0.461. The lowest BCUT2D eigenvalue weighted by Crippen LogP contribution is -2.13. The van der Waals surface area contributed by atoms with Crippen molar-refractivity contribution in [3.63, 3.8) is 0 Å². The van der Waals surface area contributed by atoms with Crippen LogP contribution >= 0.6 is 0 Å². The Balaban J connectivity index is 2.73. The third-order valence-electron chi connectivity index (χ3n) is 2.11. The van der Waals surface area contributed by atoms with Gasteiger partial charge in [0.25, 0.3) is 0 Å². The lowest BCUT2D eigenvalue weighted by Gasteiger charge is -2.13. The molecule has 0 aliphatic carbocycles. The monoisotopic (exact) mass is 179 g/mol. The smallest absolute Gasteiger partial charge is 0.0568 e. The van der Waals surface area contributed by atoms with Crippen LogP contribution in [0.15, 0.2) is 18.2 Å². The minimum Gasteiger partial charge on any atom is -0.397 e. The van der Waals surface area contributed by atoms with E-state index in [0.717, 1.165) is 12.1 Å². The van der Waals surface area contributed by atoms with Gasteiger partial charge in [0.05, 0.1) is 11.4 Å². The van der Waals surface area contributed by atoms with E-state index in [-0.39, 0.29) is 0 Å². The Labute approximate surface area is 79.1 Å². The van der Waals surface area contributed by atoms with Gasteiger partial charge < -0.3 is 16.8 Å². The number of hydrogen-bond donors (Lipinski definition) is 3. The molecule has 3 heteroatoms. The molecular formula is C10H17N3. The van der Waals surface area contributed by atoms with Crippen molar-refractivity contribution >= 4 is 17.1 Å². The molecule has 0 aliphatic rings. The maximum atomic E-state index is 5.67. The summed E-state index contributed by atoms with van der Waals surface area (Å²) in [6.45, 7) is 4.27. The van der Waals surface area contributed by atoms with E-state index in [4.69, 9.17) is 11.5 Å². The average molecular weight is 179 g/mol. The largest absolute Gasteiger partial charge is 0.397 e. The van der Waals surface area contributed by atoms with Gasteiger partial charge in [0.15, 0.2) is 0 Å². The Kier molecular flexibility index (Phi) is 3.01. The first kappa shape index (κ1) is 9.71. The molecule has 0 amide bonds. The molecule has 0 bridgehead atoms. The highest BCUT2D eigenvalue weighted by atomic mass is 14.9. The summed E-state index contributed by atoms with van der Waals surface area (Å²) < 4.78 is 0. The summed E-state index contributed by atoms with van der Waals surface area (Å²) in [5.41, 5.74) is 13.6. The van der Waals surface area contributed by atoms with E-state index in [2.05, 4.69) is 19.2 Å². The Hall–Kier alpha value is -1.38. The summed E-state index contributed by atoms with van der Waals surface area (Å²) in [6, 6.07) is 6.09. The third kappa shape index (κ3) is 2.54. The van der Waals surface area contributed by atoms with Gasteiger partial charge in [-0.25, -0.2) is 0 Å². The molecule has 1 aromatic carbocycles. The summed E-state index contributed by atoms with van der Waals surface area (Å²) >= 11 is 0. The molecule has 72 valence electrons. The average Bonchev–Trinajstić information content (AvgIpc) is 2.11. The first-order chi connectivity index (χ1) is 6.13. The molecular weight excluding hydrogens is 162 g/mol. The summed E-state index contributed by atoms with van der Waals surface area (Å²) in [4.78, 5) is 0. The highest BCUT2D eigenvalue weighted by Crippen LogP contribution is 2.20. The van der Waals surface area contributed by atoms with E-state index in [1.54, 1.807) is 0 Å². The van der Waals surface area contributed by atoms with Gasteiger partial charge in [-0.3, -0.25) is 0 Å². The summed E-state index contributed by atoms with van der Waals surface area (Å²) in [6.07, 6.45) is 1.09. The summed E-state index contributed by atoms with van der Waals surface area (Å²) in [5, 5.41) is 3.32. The molecule has 0 saturated carbocycles. The molecule has 1 unspecified atom stereocenters. The maximum Gasteiger partial charge on any atom is 0.0568 e. The van der Waals surface area contributed by atoms with Crippen molar-refractivity contribution in [3.8, 4) is 0 Å². The minimum absolute atomic E-state index is 0.461. The number of rotatable bonds is 3. The molecule has 0 aromatic heterocycles. The lowest BCUT2D eigenvalue weighted by molar-refractivity contribution is 0.764. The van der Waals surface area contributed by atoms with Gasteiger partial charge in [-0.2, -0.15) is 0 Å². The van der Waals surface area contributed by atoms with Crippen LogP contribution in [0.25, 0.3) is 0 Å². The van der Waals surface area contributed by atoms with Crippen LogP contribution < -0.4 is 16.8 Å². The van der Waals surface area contributed by atoms with Crippen LogP contribution in [0.4, 0.5) is 17.1 Å². The fraction of sp³-hybridized carbons (Fsp3) is 0.400. The van der Waals surface area contributed by atoms with Crippen molar-refractivity contribution in [2.24, 2.45) is 0 Å². The van der Waals surface area contributed by atoms with Crippen LogP contribution in [0, 0.1) is 0 Å². The summed E-state index contributed by atoms with van der Waals surface area (Å²) in [5.74, 6) is 0. The molecule has 0 saturated heterocycles. The maximum absolute atomic E-state index is 5.67. The number of benzene rings is 1. The van der Waals surface area contributed by atoms with Crippen molar-refractivity contribution in [1.82, 2.24) is 0 Å². The van der Waals surface area contributed by atoms with E-state index in [1.165, 1.54) is 0 Å². The van der Waals surface area contributed by atoms with Crippen LogP contribution in [0.2, 0.25) is 0 Å². The van der Waals surface area contributed by atoms with Crippen molar-refractivity contribution < 1.29 is 0 Å². The Bertz CT molecular complexity index is 283. The van der Waals surface area contributed by atoms with Crippen molar-refractivity contribution in [2.75, 3.05) is 16.8 Å². The zero-order valence-corrected chi connectivity index (χ0v) is 8.17. The van der Waals surface area contributed by atoms with E-state index in [9.17, 15) is 0 Å². The molecule has 0 radical (unpaired) electrons. The van der Waals surface area contributed by atoms with Crippen LogP contribution in [-0.4, -0.2) is 6.04 Å². The number of nitrogens with two attached hydrogens (primary N) is 2. The molecule has 1 rings (SSSR count). The van der Waals surface area contributed by atoms with Gasteiger partial charge in [0.1, 0.15) is 0 Å². The van der Waals surface area contributed by atoms with E-state index < -0.39 is 0 Å². The van der Waals surface area contributed by atoms with Crippen LogP contribution in [-0.2, 0) is 0 Å². The number of nitrogen functional groups attached to an aromatic ring is 2. The molecule has 0 heterocycles. The third-order valence-corrected chi connectivity index (χ3v) is 2.11. The predicted molar refractivity (Wildman–Crippen MR) is 58.6 cm³/mol. The fourth-order valence-corrected chi connectivity index (χ4v) is 1.05. The van der Waals surface area contributed by atoms with Gasteiger partial charge in [-0.15, -0.1) is 0 Å². The quantitative estimate of drug-likeness (QED) is 0.622. The Morgan fingerprint density at radius 1 is 1.31 bits per heavy atom. The van der Waals surface area contributed by atoms with Gasteiger partial charge in [0, 0.05) is 11.7 Å². The standard InChI is InChI=1S/C10H17N3/c1-3-7(2)13-8-4-5-9(11)10(12)6-8/h4-7,13H,3,11-12H2,1-2H3. The number of anilines is 3. The van der Waals surface area contributed by atoms with Crippen LogP contribution in [0.5, 0.6) is 0 Å². The van der Waals surface area contributed by atoms with Crippen LogP contribution in [0.1, 0.15) is 20.3 Å². The molecule has 0 spiro atoms. The van der Waals surface area contributed by atoms with E-state index in [0.29, 0.717) is 17.4 Å². The molecule has 3 nitrogen and oxygen atoms in total. The van der Waals surface area contributed by atoms with Gasteiger partial charge in [0.2, 0.25) is 0 Å². The van der Waals surface area contributed by atoms with Crippen LogP contribution in [0.3, 0.4) is 0 Å². The molecule has 0 fully saturated rings. The first-order valence-corrected chi connectivity index (χ1v) is 4.55. The second-order valence-corrected chi connectivity index (χ2v) is 3.30. The zero-order valence-electron chi connectivity index (χ0n) is 8.17. The second-order valence-electron chi connectivity index (χ2n) is 3.30. The summed E-state index contributed by atoms with van der Waals surface area (Å²) in [7, 11) is 0. The molecule has 13 heavy (non-hydrogen) atoms. The van der Waals surface area contributed by atoms with Gasteiger partial charge in [-0.05, 0) is 31.5 Å². The SMILES string of the molecule is CCC(C)Nc1ccc(N)c(N)c1. The number of hydrogen-bond acceptors (Lipinski definition) is 3. The van der Waals surface area contributed by atoms with Gasteiger partial charge >= 0.3 is 0 Å². The van der Waals surface area contributed by atoms with Crippen molar-refractivity contribution in [1.29, 1.82) is 0 Å². The Morgan fingerprint density at radius 2 is 2.00 bits per heavy atom. The normalized spacial score (nSPS) is 12.5.